The van der Waals surface area contributed by atoms with Crippen LogP contribution < -0.4 is 5.32 Å². The summed E-state index contributed by atoms with van der Waals surface area (Å²) < 4.78 is 15.6. The zero-order chi connectivity index (χ0) is 25.9. The number of fused-ring (bicyclic) bond motifs is 1. The minimum atomic E-state index is -1.13. The normalized spacial score (nSPS) is 11.0. The first-order valence-corrected chi connectivity index (χ1v) is 11.2. The summed E-state index contributed by atoms with van der Waals surface area (Å²) >= 11 is 5.77. The van der Waals surface area contributed by atoms with Gasteiger partial charge in [-0.15, -0.1) is 0 Å². The highest BCUT2D eigenvalue weighted by molar-refractivity contribution is 6.30. The van der Waals surface area contributed by atoms with Crippen LogP contribution in [0.1, 0.15) is 47.1 Å². The molecule has 2 amide bonds. The Balaban J connectivity index is 1.77. The number of carbonyl (C=O) groups excluding carboxylic acids is 3. The lowest BCUT2D eigenvalue weighted by Crippen LogP contribution is -2.45. The Kier molecular flexibility index (Phi) is 7.91. The maximum absolute atomic E-state index is 14.1. The molecule has 3 aromatic rings. The van der Waals surface area contributed by atoms with Crippen LogP contribution in [0, 0.1) is 5.82 Å². The molecule has 0 atom stereocenters. The van der Waals surface area contributed by atoms with E-state index in [1.165, 1.54) is 42.3 Å². The summed E-state index contributed by atoms with van der Waals surface area (Å²) in [6.07, 6.45) is 1.51. The average molecular weight is 502 g/mol. The number of halogens is 2. The van der Waals surface area contributed by atoms with Crippen molar-refractivity contribution in [3.8, 4) is 0 Å². The molecule has 10 heteroatoms. The second-order valence-corrected chi connectivity index (χ2v) is 8.78. The third-order valence-corrected chi connectivity index (χ3v) is 5.87. The quantitative estimate of drug-likeness (QED) is 0.432. The first-order valence-electron chi connectivity index (χ1n) is 10.9. The largest absolute Gasteiger partial charge is 0.478 e. The number of amides is 2. The Morgan fingerprint density at radius 3 is 2.51 bits per heavy atom. The average Bonchev–Trinajstić information content (AvgIpc) is 3.16. The molecule has 1 aromatic heterocycles. The topological polar surface area (TPSA) is 109 Å². The third-order valence-electron chi connectivity index (χ3n) is 5.58. The Labute approximate surface area is 206 Å². The van der Waals surface area contributed by atoms with Gasteiger partial charge in [-0.2, -0.15) is 0 Å². The highest BCUT2D eigenvalue weighted by atomic mass is 35.5. The van der Waals surface area contributed by atoms with E-state index in [9.17, 15) is 28.7 Å². The van der Waals surface area contributed by atoms with Gasteiger partial charge in [0.15, 0.2) is 5.78 Å². The maximum Gasteiger partial charge on any atom is 0.335 e. The van der Waals surface area contributed by atoms with Gasteiger partial charge in [0.05, 0.1) is 17.1 Å². The number of nitrogens with one attached hydrogen (secondary N) is 1. The van der Waals surface area contributed by atoms with E-state index in [0.29, 0.717) is 16.5 Å². The molecule has 2 aromatic carbocycles. The first-order chi connectivity index (χ1) is 16.5. The second kappa shape index (κ2) is 10.7. The fourth-order valence-electron chi connectivity index (χ4n) is 3.73. The van der Waals surface area contributed by atoms with Crippen LogP contribution in [0.4, 0.5) is 4.39 Å². The molecule has 0 saturated carbocycles. The lowest BCUT2D eigenvalue weighted by molar-refractivity contribution is -0.138. The van der Waals surface area contributed by atoms with Crippen LogP contribution in [0.5, 0.6) is 0 Å². The Morgan fingerprint density at radius 2 is 1.89 bits per heavy atom. The number of benzene rings is 2. The maximum atomic E-state index is 14.1. The molecule has 35 heavy (non-hydrogen) atoms. The van der Waals surface area contributed by atoms with Crippen molar-refractivity contribution in [1.82, 2.24) is 14.8 Å². The van der Waals surface area contributed by atoms with Gasteiger partial charge in [-0.3, -0.25) is 14.4 Å². The number of aromatic nitrogens is 1. The smallest absolute Gasteiger partial charge is 0.335 e. The van der Waals surface area contributed by atoms with Gasteiger partial charge in [0.25, 0.3) is 0 Å². The van der Waals surface area contributed by atoms with Crippen LogP contribution in [0.3, 0.4) is 0 Å². The first kappa shape index (κ1) is 25.9. The van der Waals surface area contributed by atoms with Gasteiger partial charge in [-0.25, -0.2) is 9.18 Å². The number of aromatic carboxylic acids is 1. The molecular weight excluding hydrogens is 477 g/mol. The van der Waals surface area contributed by atoms with Crippen molar-refractivity contribution < 1.29 is 28.7 Å². The van der Waals surface area contributed by atoms with Crippen molar-refractivity contribution in [3.05, 3.63) is 70.1 Å². The number of carboxylic acids is 1. The standard InChI is InChI=1S/C25H25ClFN3O5/c1-14(2)30(12-22(32)28-10-17-5-4-6-20(26)24(17)27)23(33)13-29-11-19(15(3)31)18-9-16(25(34)35)7-8-21(18)29/h4-9,11,14H,10,12-13H2,1-3H3,(H,28,32)(H,34,35). The molecule has 0 fully saturated rings. The minimum Gasteiger partial charge on any atom is -0.478 e. The summed E-state index contributed by atoms with van der Waals surface area (Å²) in [6, 6.07) is 8.52. The summed E-state index contributed by atoms with van der Waals surface area (Å²) in [7, 11) is 0. The summed E-state index contributed by atoms with van der Waals surface area (Å²) in [5.41, 5.74) is 1.08. The van der Waals surface area contributed by atoms with E-state index < -0.39 is 17.7 Å². The van der Waals surface area contributed by atoms with E-state index in [2.05, 4.69) is 5.32 Å². The molecule has 0 bridgehead atoms. The van der Waals surface area contributed by atoms with Crippen LogP contribution in [-0.2, 0) is 22.7 Å². The fraction of sp³-hybridized carbons (Fsp3) is 0.280. The van der Waals surface area contributed by atoms with Gasteiger partial charge in [-0.05, 0) is 45.0 Å². The lowest BCUT2D eigenvalue weighted by atomic mass is 10.1. The van der Waals surface area contributed by atoms with Crippen LogP contribution >= 0.6 is 11.6 Å². The number of rotatable bonds is 9. The molecule has 3 rings (SSSR count). The van der Waals surface area contributed by atoms with E-state index in [0.717, 1.165) is 0 Å². The van der Waals surface area contributed by atoms with Crippen LogP contribution in [0.25, 0.3) is 10.9 Å². The number of nitrogens with zero attached hydrogens (tertiary/aromatic N) is 2. The van der Waals surface area contributed by atoms with Crippen LogP contribution in [0.15, 0.2) is 42.6 Å². The molecule has 0 radical (unpaired) electrons. The van der Waals surface area contributed by atoms with E-state index in [4.69, 9.17) is 11.6 Å². The van der Waals surface area contributed by atoms with E-state index in [1.54, 1.807) is 30.5 Å². The molecule has 2 N–H and O–H groups in total. The van der Waals surface area contributed by atoms with Crippen molar-refractivity contribution in [1.29, 1.82) is 0 Å². The van der Waals surface area contributed by atoms with Crippen molar-refractivity contribution in [2.24, 2.45) is 0 Å². The number of hydrogen-bond donors (Lipinski definition) is 2. The summed E-state index contributed by atoms with van der Waals surface area (Å²) in [5.74, 6) is -2.85. The number of hydrogen-bond acceptors (Lipinski definition) is 4. The minimum absolute atomic E-state index is 0.0284. The van der Waals surface area contributed by atoms with Crippen molar-refractivity contribution in [2.75, 3.05) is 6.54 Å². The Hall–Kier alpha value is -3.72. The Bertz CT molecular complexity index is 1320. The molecule has 0 aliphatic carbocycles. The van der Waals surface area contributed by atoms with Gasteiger partial charge in [0.2, 0.25) is 11.8 Å². The zero-order valence-electron chi connectivity index (χ0n) is 19.5. The molecule has 1 heterocycles. The molecule has 0 saturated heterocycles. The number of ketones is 1. The number of Topliss-reactive ketones (excluding diaryl/α,β-unsaturated/α-hetero) is 1. The van der Waals surface area contributed by atoms with E-state index in [-0.39, 0.29) is 53.5 Å². The van der Waals surface area contributed by atoms with Gasteiger partial charge >= 0.3 is 5.97 Å². The monoisotopic (exact) mass is 501 g/mol. The number of carbonyl (C=O) groups is 4. The van der Waals surface area contributed by atoms with Gasteiger partial charge in [0.1, 0.15) is 12.4 Å². The summed E-state index contributed by atoms with van der Waals surface area (Å²) in [6.45, 7) is 4.39. The van der Waals surface area contributed by atoms with Crippen LogP contribution in [0.2, 0.25) is 5.02 Å². The summed E-state index contributed by atoms with van der Waals surface area (Å²) in [4.78, 5) is 50.5. The predicted molar refractivity (Wildman–Crippen MR) is 129 cm³/mol. The van der Waals surface area contributed by atoms with Gasteiger partial charge in [0, 0.05) is 40.8 Å². The predicted octanol–water partition coefficient (Wildman–Crippen LogP) is 3.89. The highest BCUT2D eigenvalue weighted by Gasteiger charge is 2.23. The van der Waals surface area contributed by atoms with Gasteiger partial charge in [-0.1, -0.05) is 23.7 Å². The number of carboxylic acid groups (broad SMARTS) is 1. The third kappa shape index (κ3) is 5.86. The van der Waals surface area contributed by atoms with E-state index >= 15 is 0 Å². The van der Waals surface area contributed by atoms with Crippen molar-refractivity contribution in [2.45, 2.75) is 39.9 Å². The molecule has 0 spiro atoms. The van der Waals surface area contributed by atoms with Crippen molar-refractivity contribution >= 4 is 46.1 Å². The second-order valence-electron chi connectivity index (χ2n) is 8.37. The molecule has 0 unspecified atom stereocenters. The SMILES string of the molecule is CC(=O)c1cn(CC(=O)N(CC(=O)NCc2cccc(Cl)c2F)C(C)C)c2ccc(C(=O)O)cc12. The molecule has 0 aliphatic rings. The lowest BCUT2D eigenvalue weighted by Gasteiger charge is -2.26. The molecule has 8 nitrogen and oxygen atoms in total. The van der Waals surface area contributed by atoms with E-state index in [1.807, 2.05) is 0 Å². The molecule has 184 valence electrons. The zero-order valence-corrected chi connectivity index (χ0v) is 20.2. The molecular formula is C25H25ClFN3O5. The fourth-order valence-corrected chi connectivity index (χ4v) is 3.92. The summed E-state index contributed by atoms with van der Waals surface area (Å²) in [5, 5.41) is 12.3. The van der Waals surface area contributed by atoms with Gasteiger partial charge < -0.3 is 19.9 Å². The Morgan fingerprint density at radius 1 is 1.17 bits per heavy atom. The van der Waals surface area contributed by atoms with Crippen LogP contribution in [-0.4, -0.2) is 50.7 Å². The highest BCUT2D eigenvalue weighted by Crippen LogP contribution is 2.24. The van der Waals surface area contributed by atoms with Crippen molar-refractivity contribution in [3.63, 3.8) is 0 Å². The molecule has 0 aliphatic heterocycles.